The van der Waals surface area contributed by atoms with Gasteiger partial charge < -0.3 is 14.8 Å². The zero-order valence-corrected chi connectivity index (χ0v) is 18.2. The minimum atomic E-state index is 0.106. The number of aromatic nitrogens is 1. The third-order valence-corrected chi connectivity index (χ3v) is 7.75. The minimum absolute atomic E-state index is 0.106. The largest absolute Gasteiger partial charge is 0.335 e. The van der Waals surface area contributed by atoms with Crippen molar-refractivity contribution in [3.8, 4) is 0 Å². The second-order valence-corrected chi connectivity index (χ2v) is 10.0. The smallest absolute Gasteiger partial charge is 0.317 e. The molecular weight excluding hydrogens is 376 g/mol. The van der Waals surface area contributed by atoms with Gasteiger partial charge in [-0.1, -0.05) is 31.7 Å². The number of piperidine rings is 2. The number of likely N-dealkylation sites (tertiary alicyclic amines) is 2. The van der Waals surface area contributed by atoms with Crippen molar-refractivity contribution in [2.45, 2.75) is 82.8 Å². The monoisotopic (exact) mass is 412 g/mol. The van der Waals surface area contributed by atoms with Gasteiger partial charge in [0.25, 0.3) is 5.56 Å². The SMILES string of the molecule is O=C(NC1CCCCC1)N1C[C@@H]2C[C@H](C1)c1ccc(CN3CCCCC3)c(=O)n1C2. The second kappa shape index (κ2) is 8.74. The Kier molecular flexibility index (Phi) is 5.85. The van der Waals surface area contributed by atoms with Crippen LogP contribution in [-0.2, 0) is 13.1 Å². The van der Waals surface area contributed by atoms with E-state index >= 15 is 0 Å². The molecule has 2 amide bonds. The van der Waals surface area contributed by atoms with E-state index in [2.05, 4.69) is 22.3 Å². The maximum atomic E-state index is 13.2. The molecule has 0 unspecified atom stereocenters. The number of pyridine rings is 1. The van der Waals surface area contributed by atoms with E-state index in [9.17, 15) is 9.59 Å². The molecule has 6 heteroatoms. The van der Waals surface area contributed by atoms with Gasteiger partial charge in [0, 0.05) is 49.4 Å². The van der Waals surface area contributed by atoms with E-state index in [1.165, 1.54) is 38.5 Å². The molecule has 1 saturated carbocycles. The van der Waals surface area contributed by atoms with Gasteiger partial charge in [0.2, 0.25) is 0 Å². The van der Waals surface area contributed by atoms with Crippen molar-refractivity contribution in [2.75, 3.05) is 26.2 Å². The summed E-state index contributed by atoms with van der Waals surface area (Å²) in [5, 5.41) is 3.28. The van der Waals surface area contributed by atoms with E-state index in [0.29, 0.717) is 12.0 Å². The highest BCUT2D eigenvalue weighted by molar-refractivity contribution is 5.74. The lowest BCUT2D eigenvalue weighted by molar-refractivity contribution is 0.127. The normalized spacial score (nSPS) is 27.5. The van der Waals surface area contributed by atoms with Crippen molar-refractivity contribution >= 4 is 6.03 Å². The average Bonchev–Trinajstić information content (AvgIpc) is 2.77. The minimum Gasteiger partial charge on any atom is -0.335 e. The summed E-state index contributed by atoms with van der Waals surface area (Å²) in [5.74, 6) is 0.669. The van der Waals surface area contributed by atoms with Crippen LogP contribution in [0.2, 0.25) is 0 Å². The quantitative estimate of drug-likeness (QED) is 0.829. The van der Waals surface area contributed by atoms with Crippen LogP contribution in [0, 0.1) is 5.92 Å². The lowest BCUT2D eigenvalue weighted by Crippen LogP contribution is -2.53. The highest BCUT2D eigenvalue weighted by atomic mass is 16.2. The van der Waals surface area contributed by atoms with Crippen molar-refractivity contribution in [1.29, 1.82) is 0 Å². The number of carbonyl (C=O) groups is 1. The van der Waals surface area contributed by atoms with Gasteiger partial charge in [-0.25, -0.2) is 4.79 Å². The van der Waals surface area contributed by atoms with Crippen molar-refractivity contribution in [3.63, 3.8) is 0 Å². The van der Waals surface area contributed by atoms with E-state index in [1.54, 1.807) is 0 Å². The van der Waals surface area contributed by atoms with Gasteiger partial charge >= 0.3 is 6.03 Å². The predicted molar refractivity (Wildman–Crippen MR) is 118 cm³/mol. The molecule has 4 heterocycles. The molecule has 30 heavy (non-hydrogen) atoms. The highest BCUT2D eigenvalue weighted by Crippen LogP contribution is 2.35. The molecule has 5 rings (SSSR count). The van der Waals surface area contributed by atoms with Crippen LogP contribution >= 0.6 is 0 Å². The molecule has 2 bridgehead atoms. The van der Waals surface area contributed by atoms with Gasteiger partial charge in [-0.15, -0.1) is 0 Å². The first-order valence-electron chi connectivity index (χ1n) is 12.2. The van der Waals surface area contributed by atoms with Gasteiger partial charge in [0.15, 0.2) is 0 Å². The van der Waals surface area contributed by atoms with Crippen molar-refractivity contribution in [3.05, 3.63) is 33.7 Å². The fraction of sp³-hybridized carbons (Fsp3) is 0.750. The number of nitrogens with zero attached hydrogens (tertiary/aromatic N) is 3. The number of hydrogen-bond donors (Lipinski definition) is 1. The fourth-order valence-corrected chi connectivity index (χ4v) is 6.15. The van der Waals surface area contributed by atoms with Crippen molar-refractivity contribution in [1.82, 2.24) is 19.7 Å². The van der Waals surface area contributed by atoms with E-state index in [1.807, 2.05) is 9.47 Å². The van der Waals surface area contributed by atoms with Crippen LogP contribution in [0.25, 0.3) is 0 Å². The zero-order chi connectivity index (χ0) is 20.5. The van der Waals surface area contributed by atoms with E-state index in [4.69, 9.17) is 0 Å². The first-order valence-corrected chi connectivity index (χ1v) is 12.2. The lowest BCUT2D eigenvalue weighted by atomic mass is 9.83. The maximum Gasteiger partial charge on any atom is 0.317 e. The van der Waals surface area contributed by atoms with Crippen LogP contribution in [0.15, 0.2) is 16.9 Å². The van der Waals surface area contributed by atoms with Crippen LogP contribution in [0.5, 0.6) is 0 Å². The number of fused-ring (bicyclic) bond motifs is 4. The number of urea groups is 1. The van der Waals surface area contributed by atoms with Gasteiger partial charge in [-0.3, -0.25) is 9.69 Å². The summed E-state index contributed by atoms with van der Waals surface area (Å²) in [4.78, 5) is 30.6. The average molecular weight is 413 g/mol. The fourth-order valence-electron chi connectivity index (χ4n) is 6.15. The first kappa shape index (κ1) is 20.1. The third kappa shape index (κ3) is 4.16. The van der Waals surface area contributed by atoms with Gasteiger partial charge in [0.1, 0.15) is 0 Å². The Morgan fingerprint density at radius 1 is 0.967 bits per heavy atom. The van der Waals surface area contributed by atoms with Crippen LogP contribution in [0.3, 0.4) is 0 Å². The molecule has 0 aromatic carbocycles. The Balaban J connectivity index is 1.28. The number of nitrogens with one attached hydrogen (secondary N) is 1. The summed E-state index contributed by atoms with van der Waals surface area (Å²) >= 11 is 0. The van der Waals surface area contributed by atoms with Crippen molar-refractivity contribution in [2.24, 2.45) is 5.92 Å². The number of carbonyl (C=O) groups excluding carboxylic acids is 1. The highest BCUT2D eigenvalue weighted by Gasteiger charge is 2.37. The van der Waals surface area contributed by atoms with Crippen LogP contribution in [0.4, 0.5) is 4.79 Å². The molecule has 3 fully saturated rings. The molecule has 2 saturated heterocycles. The standard InChI is InChI=1S/C24H36N4O2/c29-23-19(16-26-11-5-2-6-12-26)9-10-22-20-13-18(15-28(22)23)14-27(17-20)24(30)25-21-7-3-1-4-8-21/h9-10,18,20-21H,1-8,11-17H2,(H,25,30)/t18-,20+/m0/s1. The summed E-state index contributed by atoms with van der Waals surface area (Å²) in [7, 11) is 0. The summed E-state index contributed by atoms with van der Waals surface area (Å²) < 4.78 is 2.04. The molecule has 4 aliphatic rings. The topological polar surface area (TPSA) is 57.6 Å². The molecule has 1 aromatic heterocycles. The summed E-state index contributed by atoms with van der Waals surface area (Å²) in [5.41, 5.74) is 2.27. The van der Waals surface area contributed by atoms with Crippen LogP contribution in [0.1, 0.15) is 75.0 Å². The first-order chi connectivity index (χ1) is 14.7. The molecule has 0 radical (unpaired) electrons. The molecule has 2 atom stereocenters. The molecule has 1 N–H and O–H groups in total. The van der Waals surface area contributed by atoms with Gasteiger partial charge in [0.05, 0.1) is 0 Å². The predicted octanol–water partition coefficient (Wildman–Crippen LogP) is 3.30. The summed E-state index contributed by atoms with van der Waals surface area (Å²) in [6.07, 6.45) is 10.9. The summed E-state index contributed by atoms with van der Waals surface area (Å²) in [6, 6.07) is 4.68. The van der Waals surface area contributed by atoms with Crippen LogP contribution < -0.4 is 10.9 Å². The number of hydrogen-bond acceptors (Lipinski definition) is 3. The number of amides is 2. The Morgan fingerprint density at radius 2 is 1.73 bits per heavy atom. The number of rotatable bonds is 3. The Labute approximate surface area is 179 Å². The Bertz CT molecular complexity index is 823. The molecule has 1 aromatic rings. The molecule has 3 aliphatic heterocycles. The molecule has 0 spiro atoms. The lowest BCUT2D eigenvalue weighted by Gasteiger charge is -2.43. The second-order valence-electron chi connectivity index (χ2n) is 10.0. The molecule has 164 valence electrons. The van der Waals surface area contributed by atoms with Gasteiger partial charge in [-0.05, 0) is 57.2 Å². The molecular formula is C24H36N4O2. The zero-order valence-electron chi connectivity index (χ0n) is 18.2. The maximum absolute atomic E-state index is 13.2. The summed E-state index contributed by atoms with van der Waals surface area (Å²) in [6.45, 7) is 5.27. The van der Waals surface area contributed by atoms with Gasteiger partial charge in [-0.2, -0.15) is 0 Å². The van der Waals surface area contributed by atoms with E-state index < -0.39 is 0 Å². The van der Waals surface area contributed by atoms with E-state index in [-0.39, 0.29) is 17.5 Å². The van der Waals surface area contributed by atoms with Crippen molar-refractivity contribution < 1.29 is 4.79 Å². The molecule has 6 nitrogen and oxygen atoms in total. The van der Waals surface area contributed by atoms with Crippen LogP contribution in [-0.4, -0.2) is 52.6 Å². The Hall–Kier alpha value is -1.82. The Morgan fingerprint density at radius 3 is 2.53 bits per heavy atom. The van der Waals surface area contributed by atoms with E-state index in [0.717, 1.165) is 69.8 Å². The third-order valence-electron chi connectivity index (χ3n) is 7.75. The molecule has 1 aliphatic carbocycles.